The number of tetrazole rings is 1. The van der Waals surface area contributed by atoms with Crippen LogP contribution in [0.5, 0.6) is 0 Å². The maximum Gasteiger partial charge on any atom is 0.213 e. The van der Waals surface area contributed by atoms with E-state index in [2.05, 4.69) is 34.7 Å². The summed E-state index contributed by atoms with van der Waals surface area (Å²) in [4.78, 5) is 1.07. The molecular weight excluding hydrogens is 282 g/mol. The van der Waals surface area contributed by atoms with Gasteiger partial charge in [-0.25, -0.2) is 4.68 Å². The van der Waals surface area contributed by atoms with E-state index in [1.807, 2.05) is 25.2 Å². The molecule has 102 valence electrons. The molecule has 0 saturated carbocycles. The molecule has 1 heterocycles. The molecule has 1 N–H and O–H groups in total. The lowest BCUT2D eigenvalue weighted by Gasteiger charge is -2.12. The van der Waals surface area contributed by atoms with Gasteiger partial charge < -0.3 is 5.32 Å². The number of rotatable bonds is 5. The second-order valence-corrected chi connectivity index (χ2v) is 5.92. The van der Waals surface area contributed by atoms with Gasteiger partial charge in [0.05, 0.1) is 0 Å². The van der Waals surface area contributed by atoms with E-state index in [9.17, 15) is 0 Å². The van der Waals surface area contributed by atoms with Crippen molar-refractivity contribution >= 4 is 23.4 Å². The van der Waals surface area contributed by atoms with E-state index in [-0.39, 0.29) is 0 Å². The Bertz CT molecular complexity index is 555. The van der Waals surface area contributed by atoms with E-state index in [4.69, 9.17) is 11.6 Å². The summed E-state index contributed by atoms with van der Waals surface area (Å²) < 4.78 is 1.64. The highest BCUT2D eigenvalue weighted by Crippen LogP contribution is 2.30. The average molecular weight is 298 g/mol. The summed E-state index contributed by atoms with van der Waals surface area (Å²) in [7, 11) is 1.82. The molecule has 1 aromatic heterocycles. The lowest BCUT2D eigenvalue weighted by atomic mass is 10.2. The van der Waals surface area contributed by atoms with Gasteiger partial charge in [0.25, 0.3) is 0 Å². The van der Waals surface area contributed by atoms with Gasteiger partial charge >= 0.3 is 0 Å². The van der Waals surface area contributed by atoms with Crippen LogP contribution in [0, 0.1) is 0 Å². The Labute approximate surface area is 121 Å². The number of aromatic nitrogens is 4. The van der Waals surface area contributed by atoms with Gasteiger partial charge in [-0.1, -0.05) is 31.5 Å². The molecule has 0 fully saturated rings. The van der Waals surface area contributed by atoms with Gasteiger partial charge in [0, 0.05) is 29.6 Å². The quantitative estimate of drug-likeness (QED) is 0.919. The number of hydrogen-bond acceptors (Lipinski definition) is 5. The van der Waals surface area contributed by atoms with Crippen molar-refractivity contribution in [1.29, 1.82) is 0 Å². The molecular formula is C12H16ClN5S. The molecule has 0 spiro atoms. The first-order chi connectivity index (χ1) is 9.06. The fraction of sp³-hybridized carbons (Fsp3) is 0.417. The van der Waals surface area contributed by atoms with Crippen LogP contribution in [0.1, 0.15) is 19.4 Å². The summed E-state index contributed by atoms with van der Waals surface area (Å²) >= 11 is 7.58. The Morgan fingerprint density at radius 3 is 2.84 bits per heavy atom. The third kappa shape index (κ3) is 3.92. The van der Waals surface area contributed by atoms with Crippen molar-refractivity contribution in [2.24, 2.45) is 7.05 Å². The van der Waals surface area contributed by atoms with Crippen LogP contribution >= 0.6 is 23.4 Å². The van der Waals surface area contributed by atoms with Crippen LogP contribution in [0.2, 0.25) is 5.02 Å². The first-order valence-corrected chi connectivity index (χ1v) is 7.17. The molecule has 0 bridgehead atoms. The fourth-order valence-corrected chi connectivity index (χ4v) is 2.63. The van der Waals surface area contributed by atoms with E-state index in [0.717, 1.165) is 16.6 Å². The van der Waals surface area contributed by atoms with E-state index in [1.54, 1.807) is 4.68 Å². The highest BCUT2D eigenvalue weighted by Gasteiger charge is 2.10. The molecule has 7 heteroatoms. The van der Waals surface area contributed by atoms with Crippen LogP contribution in [0.3, 0.4) is 0 Å². The molecule has 0 aliphatic carbocycles. The van der Waals surface area contributed by atoms with Crippen molar-refractivity contribution in [2.75, 3.05) is 0 Å². The largest absolute Gasteiger partial charge is 0.310 e. The van der Waals surface area contributed by atoms with Gasteiger partial charge in [0.1, 0.15) is 0 Å². The first-order valence-electron chi connectivity index (χ1n) is 5.98. The Morgan fingerprint density at radius 2 is 2.21 bits per heavy atom. The number of aryl methyl sites for hydroxylation is 1. The van der Waals surface area contributed by atoms with Gasteiger partial charge in [-0.05, 0) is 39.9 Å². The number of nitrogens with one attached hydrogen (secondary N) is 1. The molecule has 5 nitrogen and oxygen atoms in total. The third-order valence-corrected chi connectivity index (χ3v) is 3.88. The molecule has 0 aliphatic heterocycles. The maximum atomic E-state index is 6.07. The topological polar surface area (TPSA) is 55.6 Å². The van der Waals surface area contributed by atoms with Crippen molar-refractivity contribution in [2.45, 2.75) is 36.5 Å². The standard InChI is InChI=1S/C12H16ClN5S/c1-8(2)14-7-9-4-5-10(13)6-11(9)19-12-15-16-17-18(12)3/h4-6,8,14H,7H2,1-3H3. The summed E-state index contributed by atoms with van der Waals surface area (Å²) in [6.45, 7) is 5.03. The zero-order valence-corrected chi connectivity index (χ0v) is 12.7. The van der Waals surface area contributed by atoms with Gasteiger partial charge in [-0.15, -0.1) is 5.10 Å². The van der Waals surface area contributed by atoms with Crippen molar-refractivity contribution in [3.63, 3.8) is 0 Å². The molecule has 0 aliphatic rings. The second-order valence-electron chi connectivity index (χ2n) is 4.47. The van der Waals surface area contributed by atoms with Crippen molar-refractivity contribution in [3.05, 3.63) is 28.8 Å². The van der Waals surface area contributed by atoms with Crippen LogP contribution in [0.15, 0.2) is 28.3 Å². The molecule has 19 heavy (non-hydrogen) atoms. The van der Waals surface area contributed by atoms with Gasteiger partial charge in [0.15, 0.2) is 0 Å². The SMILES string of the molecule is CC(C)NCc1ccc(Cl)cc1Sc1nnnn1C. The summed E-state index contributed by atoms with van der Waals surface area (Å²) in [5.41, 5.74) is 1.19. The molecule has 2 aromatic rings. The Kier molecular flexibility index (Phi) is 4.79. The number of benzene rings is 1. The Morgan fingerprint density at radius 1 is 1.42 bits per heavy atom. The van der Waals surface area contributed by atoms with Crippen LogP contribution in [-0.2, 0) is 13.6 Å². The van der Waals surface area contributed by atoms with E-state index in [0.29, 0.717) is 11.1 Å². The summed E-state index contributed by atoms with van der Waals surface area (Å²) in [5.74, 6) is 0. The van der Waals surface area contributed by atoms with Gasteiger partial charge in [0.2, 0.25) is 5.16 Å². The van der Waals surface area contributed by atoms with Gasteiger partial charge in [-0.3, -0.25) is 0 Å². The normalized spacial score (nSPS) is 11.2. The molecule has 1 aromatic carbocycles. The summed E-state index contributed by atoms with van der Waals surface area (Å²) in [6, 6.07) is 6.31. The Balaban J connectivity index is 2.22. The summed E-state index contributed by atoms with van der Waals surface area (Å²) in [6.07, 6.45) is 0. The van der Waals surface area contributed by atoms with Crippen LogP contribution < -0.4 is 5.32 Å². The highest BCUT2D eigenvalue weighted by molar-refractivity contribution is 7.99. The van der Waals surface area contributed by atoms with Crippen LogP contribution in [0.4, 0.5) is 0 Å². The highest BCUT2D eigenvalue weighted by atomic mass is 35.5. The third-order valence-electron chi connectivity index (χ3n) is 2.51. The van der Waals surface area contributed by atoms with E-state index in [1.165, 1.54) is 17.3 Å². The fourth-order valence-electron chi connectivity index (χ4n) is 1.49. The van der Waals surface area contributed by atoms with Crippen molar-refractivity contribution < 1.29 is 0 Å². The molecule has 0 amide bonds. The van der Waals surface area contributed by atoms with Crippen molar-refractivity contribution in [1.82, 2.24) is 25.5 Å². The van der Waals surface area contributed by atoms with Crippen LogP contribution in [0.25, 0.3) is 0 Å². The molecule has 2 rings (SSSR count). The smallest absolute Gasteiger partial charge is 0.213 e. The lowest BCUT2D eigenvalue weighted by Crippen LogP contribution is -2.22. The van der Waals surface area contributed by atoms with Crippen LogP contribution in [-0.4, -0.2) is 26.2 Å². The molecule has 0 unspecified atom stereocenters. The summed E-state index contributed by atoms with van der Waals surface area (Å²) in [5, 5.41) is 16.3. The second kappa shape index (κ2) is 6.36. The molecule has 0 radical (unpaired) electrons. The monoisotopic (exact) mass is 297 g/mol. The van der Waals surface area contributed by atoms with Crippen molar-refractivity contribution in [3.8, 4) is 0 Å². The van der Waals surface area contributed by atoms with E-state index >= 15 is 0 Å². The maximum absolute atomic E-state index is 6.07. The molecule has 0 saturated heterocycles. The molecule has 0 atom stereocenters. The van der Waals surface area contributed by atoms with Gasteiger partial charge in [-0.2, -0.15) is 0 Å². The zero-order chi connectivity index (χ0) is 13.8. The number of nitrogens with zero attached hydrogens (tertiary/aromatic N) is 4. The predicted molar refractivity (Wildman–Crippen MR) is 76.3 cm³/mol. The minimum absolute atomic E-state index is 0.435. The lowest BCUT2D eigenvalue weighted by molar-refractivity contribution is 0.584. The average Bonchev–Trinajstić information content (AvgIpc) is 2.74. The first kappa shape index (κ1) is 14.3. The Hall–Kier alpha value is -1.11. The predicted octanol–water partition coefficient (Wildman–Crippen LogP) is 2.51. The van der Waals surface area contributed by atoms with E-state index < -0.39 is 0 Å². The minimum Gasteiger partial charge on any atom is -0.310 e. The zero-order valence-electron chi connectivity index (χ0n) is 11.1. The minimum atomic E-state index is 0.435. The number of halogens is 1. The number of hydrogen-bond donors (Lipinski definition) is 1.